The largest absolute Gasteiger partial charge is 0.382 e. The van der Waals surface area contributed by atoms with Gasteiger partial charge in [0.25, 0.3) is 5.56 Å². The van der Waals surface area contributed by atoms with Crippen molar-refractivity contribution in [2.75, 3.05) is 12.8 Å². The lowest BCUT2D eigenvalue weighted by atomic mass is 10.1. The number of nitrogen functional groups attached to an aromatic ring is 1. The molecule has 13 heteroatoms. The lowest BCUT2D eigenvalue weighted by molar-refractivity contribution is 0.112. The maximum atomic E-state index is 14.0. The van der Waals surface area contributed by atoms with E-state index in [2.05, 4.69) is 43.9 Å². The van der Waals surface area contributed by atoms with Crippen LogP contribution in [0.3, 0.4) is 0 Å². The van der Waals surface area contributed by atoms with Crippen LogP contribution in [0.15, 0.2) is 71.2 Å². The summed E-state index contributed by atoms with van der Waals surface area (Å²) < 4.78 is 31.8. The summed E-state index contributed by atoms with van der Waals surface area (Å²) in [7, 11) is 5.18. The Morgan fingerprint density at radius 3 is 2.57 bits per heavy atom. The molecule has 0 aliphatic rings. The van der Waals surface area contributed by atoms with Crippen LogP contribution in [-0.4, -0.2) is 48.7 Å². The first-order valence-electron chi connectivity index (χ1n) is 13.2. The predicted octanol–water partition coefficient (Wildman–Crippen LogP) is 3.78. The molecule has 0 saturated carbocycles. The molecule has 5 aromatic rings. The number of nitrogens with zero attached hydrogens (tertiary/aromatic N) is 7. The molecular weight excluding hydrogens is 568 g/mol. The molecule has 3 N–H and O–H groups in total. The Morgan fingerprint density at radius 1 is 1.16 bits per heavy atom. The molecule has 0 aliphatic heterocycles. The molecule has 2 aromatic carbocycles. The van der Waals surface area contributed by atoms with Crippen molar-refractivity contribution < 1.29 is 13.6 Å². The Labute approximate surface area is 251 Å². The third-order valence-corrected chi connectivity index (χ3v) is 6.45. The number of aliphatic imine (C=N–C) groups is 1. The molecule has 0 amide bonds. The molecule has 3 heterocycles. The molecule has 0 spiro atoms. The van der Waals surface area contributed by atoms with Gasteiger partial charge in [0.15, 0.2) is 29.6 Å². The number of nitrogens with two attached hydrogens (primary N) is 1. The van der Waals surface area contributed by atoms with Crippen LogP contribution >= 0.6 is 0 Å². The fourth-order valence-electron chi connectivity index (χ4n) is 4.21. The van der Waals surface area contributed by atoms with Crippen LogP contribution in [0, 0.1) is 23.5 Å². The topological polar surface area (TPSA) is 138 Å². The first-order valence-corrected chi connectivity index (χ1v) is 13.2. The van der Waals surface area contributed by atoms with Gasteiger partial charge in [0.1, 0.15) is 11.4 Å². The van der Waals surface area contributed by atoms with Crippen molar-refractivity contribution in [1.29, 1.82) is 0 Å². The van der Waals surface area contributed by atoms with Gasteiger partial charge in [-0.2, -0.15) is 10.2 Å². The minimum absolute atomic E-state index is 0.186. The highest BCUT2D eigenvalue weighted by Crippen LogP contribution is 2.22. The number of anilines is 1. The van der Waals surface area contributed by atoms with Gasteiger partial charge in [-0.05, 0) is 38.2 Å². The summed E-state index contributed by atoms with van der Waals surface area (Å²) in [5, 5.41) is 11.3. The maximum Gasteiger partial charge on any atom is 0.267 e. The Morgan fingerprint density at radius 2 is 1.93 bits per heavy atom. The second-order valence-corrected chi connectivity index (χ2v) is 9.45. The van der Waals surface area contributed by atoms with Crippen LogP contribution in [0.2, 0.25) is 0 Å². The summed E-state index contributed by atoms with van der Waals surface area (Å²) >= 11 is 0. The number of aryl methyl sites for hydroxylation is 2. The van der Waals surface area contributed by atoms with Gasteiger partial charge >= 0.3 is 0 Å². The van der Waals surface area contributed by atoms with E-state index < -0.39 is 17.2 Å². The number of benzene rings is 2. The smallest absolute Gasteiger partial charge is 0.267 e. The molecule has 0 radical (unpaired) electrons. The van der Waals surface area contributed by atoms with E-state index in [-0.39, 0.29) is 17.5 Å². The number of hydrogen-bond donors (Lipinski definition) is 2. The summed E-state index contributed by atoms with van der Waals surface area (Å²) in [6.07, 6.45) is 7.02. The molecule has 0 saturated heterocycles. The monoisotopic (exact) mass is 597 g/mol. The highest BCUT2D eigenvalue weighted by atomic mass is 19.2. The van der Waals surface area contributed by atoms with Crippen molar-refractivity contribution >= 4 is 35.0 Å². The highest BCUT2D eigenvalue weighted by molar-refractivity contribution is 5.90. The number of carbonyl (C=O) groups excluding carboxylic acids is 1. The summed E-state index contributed by atoms with van der Waals surface area (Å²) in [4.78, 5) is 32.8. The normalized spacial score (nSPS) is 11.5. The van der Waals surface area contributed by atoms with E-state index in [0.29, 0.717) is 45.5 Å². The van der Waals surface area contributed by atoms with Gasteiger partial charge in [-0.1, -0.05) is 30.6 Å². The molecule has 0 fully saturated rings. The van der Waals surface area contributed by atoms with Crippen molar-refractivity contribution in [1.82, 2.24) is 34.4 Å². The summed E-state index contributed by atoms with van der Waals surface area (Å²) in [6, 6.07) is 8.23. The van der Waals surface area contributed by atoms with Crippen molar-refractivity contribution in [2.45, 2.75) is 13.0 Å². The zero-order valence-corrected chi connectivity index (χ0v) is 24.4. The molecular formula is C31H29F2N9O2. The lowest BCUT2D eigenvalue weighted by Gasteiger charge is -2.18. The second-order valence-electron chi connectivity index (χ2n) is 9.45. The fraction of sp³-hybridized carbons (Fsp3) is 0.161. The molecule has 1 unspecified atom stereocenters. The summed E-state index contributed by atoms with van der Waals surface area (Å²) in [6.45, 7) is 5.30. The van der Waals surface area contributed by atoms with Crippen LogP contribution in [0.25, 0.3) is 16.6 Å². The third kappa shape index (κ3) is 6.50. The predicted molar refractivity (Wildman–Crippen MR) is 165 cm³/mol. The van der Waals surface area contributed by atoms with E-state index in [1.807, 2.05) is 6.92 Å². The Kier molecular flexibility index (Phi) is 9.57. The number of fused-ring (bicyclic) bond motifs is 1. The van der Waals surface area contributed by atoms with Crippen LogP contribution in [0.5, 0.6) is 0 Å². The van der Waals surface area contributed by atoms with Crippen molar-refractivity contribution in [3.63, 3.8) is 0 Å². The van der Waals surface area contributed by atoms with Crippen molar-refractivity contribution in [3.05, 3.63) is 106 Å². The number of halogens is 2. The minimum atomic E-state index is -1.04. The number of aldehydes is 1. The van der Waals surface area contributed by atoms with E-state index in [4.69, 9.17) is 5.73 Å². The number of rotatable bonds is 6. The van der Waals surface area contributed by atoms with Gasteiger partial charge in [-0.15, -0.1) is 0 Å². The Bertz CT molecular complexity index is 2010. The third-order valence-electron chi connectivity index (χ3n) is 6.45. The number of carbonyl (C=O) groups is 1. The van der Waals surface area contributed by atoms with Gasteiger partial charge in [0, 0.05) is 38.1 Å². The van der Waals surface area contributed by atoms with Crippen LogP contribution in [-0.2, 0) is 14.1 Å². The maximum absolute atomic E-state index is 14.0. The molecule has 5 rings (SSSR count). The van der Waals surface area contributed by atoms with Crippen molar-refractivity contribution in [3.8, 4) is 17.5 Å². The van der Waals surface area contributed by atoms with Gasteiger partial charge in [-0.25, -0.2) is 23.4 Å². The molecule has 11 nitrogen and oxygen atoms in total. The van der Waals surface area contributed by atoms with Gasteiger partial charge in [0.05, 0.1) is 34.4 Å². The van der Waals surface area contributed by atoms with Crippen LogP contribution in [0.1, 0.15) is 40.3 Å². The first kappa shape index (κ1) is 31.2. The lowest BCUT2D eigenvalue weighted by Crippen LogP contribution is -2.29. The number of allylic oxidation sites excluding steroid dienone is 1. The zero-order valence-electron chi connectivity index (χ0n) is 24.4. The quantitative estimate of drug-likeness (QED) is 0.173. The summed E-state index contributed by atoms with van der Waals surface area (Å²) in [5.41, 5.74) is 7.20. The minimum Gasteiger partial charge on any atom is -0.382 e. The van der Waals surface area contributed by atoms with Crippen molar-refractivity contribution in [2.24, 2.45) is 19.1 Å². The standard InChI is InChI=1S/C23H19F2N5O.C8H10N4O/c1-14(26-2)22-28-20-6-4-5-16(8-7-15-12-27-29(3)13-15)21(20)23(31)30(22)17-9-10-18(24)19(25)11-17;1-3-4-10-8-6(5-13)7(9)11-12(8)2/h4-6,9-14,26H,1-3H3;3-5H,1H2,2H3,(H2,9,11)/b;10-4-. The molecule has 44 heavy (non-hydrogen) atoms. The van der Waals surface area contributed by atoms with Crippen LogP contribution < -0.4 is 16.6 Å². The number of aromatic nitrogens is 6. The van der Waals surface area contributed by atoms with E-state index in [9.17, 15) is 18.4 Å². The zero-order chi connectivity index (χ0) is 32.0. The summed E-state index contributed by atoms with van der Waals surface area (Å²) in [5.74, 6) is 4.98. The van der Waals surface area contributed by atoms with E-state index in [0.717, 1.165) is 12.1 Å². The van der Waals surface area contributed by atoms with Crippen LogP contribution in [0.4, 0.5) is 20.4 Å². The van der Waals surface area contributed by atoms with E-state index in [1.165, 1.54) is 27.6 Å². The molecule has 0 aliphatic carbocycles. The number of hydrogen-bond acceptors (Lipinski definition) is 8. The average molecular weight is 598 g/mol. The molecule has 224 valence electrons. The Balaban J connectivity index is 0.000000285. The van der Waals surface area contributed by atoms with Gasteiger partial charge < -0.3 is 11.1 Å². The van der Waals surface area contributed by atoms with E-state index >= 15 is 0 Å². The van der Waals surface area contributed by atoms with Gasteiger partial charge in [0.2, 0.25) is 0 Å². The van der Waals surface area contributed by atoms with E-state index in [1.54, 1.807) is 56.4 Å². The molecule has 3 aromatic heterocycles. The molecule has 1 atom stereocenters. The first-order chi connectivity index (χ1) is 21.1. The SMILES string of the molecule is C=C/C=N\c1c(C=O)c(N)nn1C.CNC(C)c1nc2cccc(C#Cc3cnn(C)c3)c2c(=O)n1-c1ccc(F)c(F)c1. The second kappa shape index (κ2) is 13.5. The molecule has 0 bridgehead atoms. The average Bonchev–Trinajstić information content (AvgIpc) is 3.55. The highest BCUT2D eigenvalue weighted by Gasteiger charge is 2.19. The number of nitrogens with one attached hydrogen (secondary N) is 1. The Hall–Kier alpha value is -5.74. The van der Waals surface area contributed by atoms with Gasteiger partial charge in [-0.3, -0.25) is 18.8 Å². The fourth-order valence-corrected chi connectivity index (χ4v) is 4.21.